The maximum atomic E-state index is 13.7. The summed E-state index contributed by atoms with van der Waals surface area (Å²) in [6.07, 6.45) is -55.6. The van der Waals surface area contributed by atoms with E-state index >= 15 is 0 Å². The standard InChI is InChI=1S/C42H44F18O15/c1-15(18-5-6-19-24-20(9-11-36(18,19)3)35(2)10-8-17(69-30(63)38(46,47)48)12-16(35)13-21(24)71-31(64)39(49,50)51)4-7-23(61)72-28-27(75-34(67)42(58,59)60)26(74-33(66)41(55,56)57)25(73-32(65)40(52,53)54)22(70-28)14-68-29(62)37(43,44)45/h15-22,24-28H,4-14H2,1-3H3/t15-,16?,17-,18-,19?,20?,21-,22-,24?,25-,26+,27-,28-,35+,36-/m1/s1. The van der Waals surface area contributed by atoms with E-state index in [1.54, 1.807) is 20.8 Å². The average molecular weight is 1130 g/mol. The Kier molecular flexibility index (Phi) is 17.4. The molecule has 5 rings (SSSR count). The fraction of sp³-hybridized carbons (Fsp3) is 0.833. The lowest BCUT2D eigenvalue weighted by Gasteiger charge is -2.62. The van der Waals surface area contributed by atoms with Gasteiger partial charge in [0.15, 0.2) is 12.2 Å². The van der Waals surface area contributed by atoms with Crippen LogP contribution in [0.5, 0.6) is 0 Å². The Morgan fingerprint density at radius 2 is 0.973 bits per heavy atom. The average Bonchev–Trinajstić information content (AvgIpc) is 3.62. The Morgan fingerprint density at radius 3 is 1.49 bits per heavy atom. The molecule has 5 aliphatic rings. The minimum absolute atomic E-state index is 0.0439. The second kappa shape index (κ2) is 21.4. The molecule has 0 bridgehead atoms. The number of fused-ring (bicyclic) bond motifs is 5. The zero-order chi connectivity index (χ0) is 57.0. The molecule has 1 saturated heterocycles. The Hall–Kier alpha value is -5.01. The minimum Gasteiger partial charge on any atom is -0.456 e. The van der Waals surface area contributed by atoms with Crippen molar-refractivity contribution in [1.29, 1.82) is 0 Å². The monoisotopic (exact) mass is 1130 g/mol. The number of carbonyl (C=O) groups is 7. The van der Waals surface area contributed by atoms with Crippen molar-refractivity contribution in [3.63, 3.8) is 0 Å². The van der Waals surface area contributed by atoms with Gasteiger partial charge in [0, 0.05) is 12.3 Å². The number of esters is 7. The molecule has 4 aliphatic carbocycles. The van der Waals surface area contributed by atoms with Crippen molar-refractivity contribution in [3.8, 4) is 0 Å². The van der Waals surface area contributed by atoms with Crippen LogP contribution < -0.4 is 0 Å². The Labute approximate surface area is 410 Å². The number of hydrogen-bond donors (Lipinski definition) is 0. The maximum Gasteiger partial charge on any atom is 0.490 e. The first-order valence-corrected chi connectivity index (χ1v) is 22.5. The molecular formula is C42H44F18O15. The SMILES string of the molecule is C[C@H](CCC(=O)O[C@H]1O[C@H](COC(=O)C(F)(F)F)[C@@H](OC(=O)C(F)(F)F)[C@H](OC(=O)C(F)(F)F)[C@H]1OC(=O)C(F)(F)F)[C@H]1CCC2C3C(CC[C@@]21C)[C@@]1(C)CC[C@@H](OC(=O)C(F)(F)F)CC1C[C@H]3OC(=O)C(F)(F)F. The van der Waals surface area contributed by atoms with E-state index in [1.807, 2.05) is 0 Å². The van der Waals surface area contributed by atoms with Gasteiger partial charge < -0.3 is 37.9 Å². The lowest BCUT2D eigenvalue weighted by Crippen LogP contribution is -2.64. The smallest absolute Gasteiger partial charge is 0.456 e. The van der Waals surface area contributed by atoms with E-state index < -0.39 is 181 Å². The fourth-order valence-corrected chi connectivity index (χ4v) is 11.8. The summed E-state index contributed by atoms with van der Waals surface area (Å²) >= 11 is 0. The molecule has 428 valence electrons. The summed E-state index contributed by atoms with van der Waals surface area (Å²) in [7, 11) is 0. The zero-order valence-corrected chi connectivity index (χ0v) is 38.7. The first kappa shape index (κ1) is 60.9. The first-order chi connectivity index (χ1) is 34.0. The largest absolute Gasteiger partial charge is 0.490 e. The highest BCUT2D eigenvalue weighted by molar-refractivity contribution is 5.79. The molecule has 1 aliphatic heterocycles. The van der Waals surface area contributed by atoms with Crippen LogP contribution >= 0.6 is 0 Å². The van der Waals surface area contributed by atoms with Crippen molar-refractivity contribution in [2.75, 3.05) is 6.61 Å². The quantitative estimate of drug-likeness (QED) is 0.103. The van der Waals surface area contributed by atoms with E-state index in [9.17, 15) is 113 Å². The van der Waals surface area contributed by atoms with E-state index in [-0.39, 0.29) is 51.4 Å². The van der Waals surface area contributed by atoms with Gasteiger partial charge in [0.25, 0.3) is 0 Å². The van der Waals surface area contributed by atoms with Crippen LogP contribution in [0.15, 0.2) is 0 Å². The van der Waals surface area contributed by atoms with Gasteiger partial charge in [-0.15, -0.1) is 0 Å². The summed E-state index contributed by atoms with van der Waals surface area (Å²) in [4.78, 5) is 85.0. The van der Waals surface area contributed by atoms with Gasteiger partial charge in [-0.05, 0) is 98.2 Å². The molecular weight excluding hydrogens is 1090 g/mol. The second-order valence-electron chi connectivity index (χ2n) is 19.4. The normalized spacial score (nSPS) is 33.8. The van der Waals surface area contributed by atoms with Crippen LogP contribution in [0.3, 0.4) is 0 Å². The van der Waals surface area contributed by atoms with E-state index in [2.05, 4.69) is 23.7 Å². The lowest BCUT2D eigenvalue weighted by atomic mass is 9.43. The van der Waals surface area contributed by atoms with Crippen molar-refractivity contribution in [2.45, 2.75) is 165 Å². The summed E-state index contributed by atoms with van der Waals surface area (Å²) in [5, 5.41) is 0. The third kappa shape index (κ3) is 13.8. The molecule has 0 spiro atoms. The molecule has 15 atom stereocenters. The van der Waals surface area contributed by atoms with E-state index in [0.717, 1.165) is 0 Å². The van der Waals surface area contributed by atoms with Gasteiger partial charge in [-0.1, -0.05) is 20.8 Å². The van der Waals surface area contributed by atoms with E-state index in [1.165, 1.54) is 0 Å². The van der Waals surface area contributed by atoms with Gasteiger partial charge in [0.2, 0.25) is 12.4 Å². The van der Waals surface area contributed by atoms with E-state index in [4.69, 9.17) is 14.2 Å². The first-order valence-electron chi connectivity index (χ1n) is 22.5. The highest BCUT2D eigenvalue weighted by atomic mass is 19.4. The predicted molar refractivity (Wildman–Crippen MR) is 200 cm³/mol. The minimum atomic E-state index is -6.24. The molecule has 1 heterocycles. The molecule has 0 aromatic heterocycles. The molecule has 75 heavy (non-hydrogen) atoms. The molecule has 0 aromatic carbocycles. The molecule has 4 saturated carbocycles. The second-order valence-corrected chi connectivity index (χ2v) is 19.4. The Morgan fingerprint density at radius 1 is 0.520 bits per heavy atom. The molecule has 5 fully saturated rings. The topological polar surface area (TPSA) is 193 Å². The lowest BCUT2D eigenvalue weighted by molar-refractivity contribution is -0.315. The van der Waals surface area contributed by atoms with Gasteiger partial charge in [-0.3, -0.25) is 4.79 Å². The zero-order valence-electron chi connectivity index (χ0n) is 38.7. The maximum absolute atomic E-state index is 13.7. The number of hydrogen-bond acceptors (Lipinski definition) is 15. The van der Waals surface area contributed by atoms with Crippen LogP contribution in [0.1, 0.15) is 85.0 Å². The number of halogens is 18. The van der Waals surface area contributed by atoms with Crippen molar-refractivity contribution >= 4 is 41.8 Å². The van der Waals surface area contributed by atoms with E-state index in [0.29, 0.717) is 6.42 Å². The van der Waals surface area contributed by atoms with Gasteiger partial charge in [0.05, 0.1) is 0 Å². The Balaban J connectivity index is 1.41. The molecule has 33 heteroatoms. The molecule has 15 nitrogen and oxygen atoms in total. The van der Waals surface area contributed by atoms with Gasteiger partial charge in [-0.25, -0.2) is 28.8 Å². The molecule has 0 aromatic rings. The summed E-state index contributed by atoms with van der Waals surface area (Å²) in [5.41, 5.74) is -1.64. The third-order valence-corrected chi connectivity index (χ3v) is 15.0. The van der Waals surface area contributed by atoms with Gasteiger partial charge in [0.1, 0.15) is 24.9 Å². The molecule has 4 unspecified atom stereocenters. The van der Waals surface area contributed by atoms with Crippen LogP contribution in [0.25, 0.3) is 0 Å². The van der Waals surface area contributed by atoms with Crippen molar-refractivity contribution in [1.82, 2.24) is 0 Å². The molecule has 0 N–H and O–H groups in total. The van der Waals surface area contributed by atoms with Crippen LogP contribution in [0.2, 0.25) is 0 Å². The fourth-order valence-electron chi connectivity index (χ4n) is 11.8. The van der Waals surface area contributed by atoms with Crippen LogP contribution in [-0.4, -0.2) is 128 Å². The molecule has 0 radical (unpaired) electrons. The van der Waals surface area contributed by atoms with Crippen LogP contribution in [0.4, 0.5) is 79.0 Å². The highest BCUT2D eigenvalue weighted by Gasteiger charge is 2.66. The van der Waals surface area contributed by atoms with Gasteiger partial charge in [-0.2, -0.15) is 79.0 Å². The Bertz CT molecular complexity index is 2160. The van der Waals surface area contributed by atoms with Crippen molar-refractivity contribution in [2.24, 2.45) is 46.3 Å². The summed E-state index contributed by atoms with van der Waals surface area (Å²) in [5.74, 6) is -24.1. The number of carbonyl (C=O) groups excluding carboxylic acids is 7. The van der Waals surface area contributed by atoms with Crippen molar-refractivity contribution < 1.29 is 150 Å². The summed E-state index contributed by atoms with van der Waals surface area (Å²) in [6.45, 7) is 2.94. The number of ether oxygens (including phenoxy) is 8. The van der Waals surface area contributed by atoms with Gasteiger partial charge >= 0.3 is 78.8 Å². The highest BCUT2D eigenvalue weighted by Crippen LogP contribution is 2.69. The van der Waals surface area contributed by atoms with Crippen LogP contribution in [-0.2, 0) is 71.5 Å². The summed E-state index contributed by atoms with van der Waals surface area (Å²) < 4.78 is 276. The van der Waals surface area contributed by atoms with Crippen molar-refractivity contribution in [3.05, 3.63) is 0 Å². The summed E-state index contributed by atoms with van der Waals surface area (Å²) in [6, 6.07) is 0. The number of alkyl halides is 18. The van der Waals surface area contributed by atoms with Crippen LogP contribution in [0, 0.1) is 46.3 Å². The third-order valence-electron chi connectivity index (χ3n) is 15.0. The molecule has 0 amide bonds. The number of rotatable bonds is 12. The predicted octanol–water partition coefficient (Wildman–Crippen LogP) is 8.42.